The lowest BCUT2D eigenvalue weighted by Crippen LogP contribution is -2.21. The molecule has 98 valence electrons. The molecular formula is C12H12FN5O. The summed E-state index contributed by atoms with van der Waals surface area (Å²) in [6.45, 7) is 0.0856. The molecule has 0 saturated heterocycles. The Kier molecular flexibility index (Phi) is 2.86. The fourth-order valence-corrected chi connectivity index (χ4v) is 1.94. The van der Waals surface area contributed by atoms with Gasteiger partial charge in [-0.25, -0.2) is 13.9 Å². The second kappa shape index (κ2) is 4.68. The molecule has 3 aromatic heterocycles. The van der Waals surface area contributed by atoms with Gasteiger partial charge >= 0.3 is 5.69 Å². The van der Waals surface area contributed by atoms with Crippen LogP contribution in [0.3, 0.4) is 0 Å². The largest absolute Gasteiger partial charge is 0.350 e. The lowest BCUT2D eigenvalue weighted by molar-refractivity contribution is 0.427. The molecule has 0 radical (unpaired) electrons. The third-order valence-electron chi connectivity index (χ3n) is 2.82. The number of alkyl halides is 1. The van der Waals surface area contributed by atoms with Crippen molar-refractivity contribution in [3.8, 4) is 0 Å². The van der Waals surface area contributed by atoms with E-state index in [-0.39, 0.29) is 12.2 Å². The second-order valence-electron chi connectivity index (χ2n) is 4.17. The molecule has 6 nitrogen and oxygen atoms in total. The molecule has 3 rings (SSSR count). The Balaban J connectivity index is 1.92. The first-order chi connectivity index (χ1) is 9.28. The summed E-state index contributed by atoms with van der Waals surface area (Å²) in [6.07, 6.45) is 5.01. The maximum Gasteiger partial charge on any atom is 0.350 e. The normalized spacial score (nSPS) is 11.2. The van der Waals surface area contributed by atoms with E-state index >= 15 is 0 Å². The maximum atomic E-state index is 12.2. The summed E-state index contributed by atoms with van der Waals surface area (Å²) in [5.41, 5.74) is 1.22. The summed E-state index contributed by atoms with van der Waals surface area (Å²) in [6, 6.07) is 5.37. The Morgan fingerprint density at radius 3 is 3.00 bits per heavy atom. The van der Waals surface area contributed by atoms with Crippen LogP contribution in [0.5, 0.6) is 0 Å². The van der Waals surface area contributed by atoms with Gasteiger partial charge in [0, 0.05) is 18.0 Å². The number of fused-ring (bicyclic) bond motifs is 1. The quantitative estimate of drug-likeness (QED) is 0.695. The number of aromatic nitrogens is 5. The Morgan fingerprint density at radius 1 is 1.32 bits per heavy atom. The first-order valence-electron chi connectivity index (χ1n) is 5.89. The molecule has 19 heavy (non-hydrogen) atoms. The van der Waals surface area contributed by atoms with E-state index in [1.807, 2.05) is 6.07 Å². The van der Waals surface area contributed by atoms with Crippen molar-refractivity contribution in [1.82, 2.24) is 24.0 Å². The molecule has 0 unspecified atom stereocenters. The fourth-order valence-electron chi connectivity index (χ4n) is 1.94. The zero-order chi connectivity index (χ0) is 13.2. The second-order valence-corrected chi connectivity index (χ2v) is 4.17. The SMILES string of the molecule is O=c1n(Cc2cnn(CCF)c2)nc2ccccn12. The van der Waals surface area contributed by atoms with E-state index < -0.39 is 6.67 Å². The molecular weight excluding hydrogens is 249 g/mol. The van der Waals surface area contributed by atoms with Crippen molar-refractivity contribution in [1.29, 1.82) is 0 Å². The molecule has 0 aromatic carbocycles. The molecule has 3 aromatic rings. The highest BCUT2D eigenvalue weighted by molar-refractivity contribution is 5.35. The van der Waals surface area contributed by atoms with E-state index in [4.69, 9.17) is 0 Å². The van der Waals surface area contributed by atoms with E-state index in [0.717, 1.165) is 5.56 Å². The van der Waals surface area contributed by atoms with Gasteiger partial charge in [-0.3, -0.25) is 9.08 Å². The summed E-state index contributed by atoms with van der Waals surface area (Å²) in [7, 11) is 0. The molecule has 0 aliphatic rings. The monoisotopic (exact) mass is 261 g/mol. The number of nitrogens with zero attached hydrogens (tertiary/aromatic N) is 5. The van der Waals surface area contributed by atoms with Gasteiger partial charge in [-0.05, 0) is 12.1 Å². The van der Waals surface area contributed by atoms with Gasteiger partial charge < -0.3 is 0 Å². The van der Waals surface area contributed by atoms with Gasteiger partial charge in [0.1, 0.15) is 6.67 Å². The van der Waals surface area contributed by atoms with Gasteiger partial charge in [0.15, 0.2) is 5.65 Å². The van der Waals surface area contributed by atoms with Crippen LogP contribution >= 0.6 is 0 Å². The van der Waals surface area contributed by atoms with E-state index in [1.54, 1.807) is 30.7 Å². The Hall–Kier alpha value is -2.44. The predicted octanol–water partition coefficient (Wildman–Crippen LogP) is 0.710. The molecule has 3 heterocycles. The molecule has 0 aliphatic heterocycles. The minimum Gasteiger partial charge on any atom is -0.270 e. The lowest BCUT2D eigenvalue weighted by atomic mass is 10.4. The van der Waals surface area contributed by atoms with Gasteiger partial charge in [0.05, 0.1) is 19.3 Å². The highest BCUT2D eigenvalue weighted by Crippen LogP contribution is 2.01. The smallest absolute Gasteiger partial charge is 0.270 e. The molecule has 0 bridgehead atoms. The highest BCUT2D eigenvalue weighted by atomic mass is 19.1. The Bertz CT molecular complexity index is 757. The third-order valence-corrected chi connectivity index (χ3v) is 2.82. The van der Waals surface area contributed by atoms with Crippen LogP contribution in [-0.2, 0) is 13.1 Å². The number of hydrogen-bond acceptors (Lipinski definition) is 3. The van der Waals surface area contributed by atoms with E-state index in [0.29, 0.717) is 12.2 Å². The summed E-state index contributed by atoms with van der Waals surface area (Å²) < 4.78 is 16.5. The van der Waals surface area contributed by atoms with Crippen LogP contribution in [0.4, 0.5) is 4.39 Å². The van der Waals surface area contributed by atoms with Crippen molar-refractivity contribution >= 4 is 5.65 Å². The molecule has 7 heteroatoms. The van der Waals surface area contributed by atoms with Gasteiger partial charge in [-0.1, -0.05) is 6.07 Å². The summed E-state index contributed by atoms with van der Waals surface area (Å²) in [4.78, 5) is 12.0. The van der Waals surface area contributed by atoms with Crippen molar-refractivity contribution in [3.05, 3.63) is 52.8 Å². The topological polar surface area (TPSA) is 57.1 Å². The highest BCUT2D eigenvalue weighted by Gasteiger charge is 2.07. The van der Waals surface area contributed by atoms with Crippen LogP contribution in [0.15, 0.2) is 41.6 Å². The molecule has 0 fully saturated rings. The molecule has 0 aliphatic carbocycles. The van der Waals surface area contributed by atoms with Crippen LogP contribution in [0, 0.1) is 0 Å². The van der Waals surface area contributed by atoms with E-state index in [9.17, 15) is 9.18 Å². The van der Waals surface area contributed by atoms with Crippen molar-refractivity contribution in [2.75, 3.05) is 6.67 Å². The van der Waals surface area contributed by atoms with Crippen molar-refractivity contribution in [3.63, 3.8) is 0 Å². The van der Waals surface area contributed by atoms with E-state index in [1.165, 1.54) is 13.8 Å². The number of pyridine rings is 1. The first-order valence-corrected chi connectivity index (χ1v) is 5.89. The van der Waals surface area contributed by atoms with Crippen LogP contribution in [0.25, 0.3) is 5.65 Å². The zero-order valence-corrected chi connectivity index (χ0v) is 10.1. The zero-order valence-electron chi connectivity index (χ0n) is 10.1. The van der Waals surface area contributed by atoms with Crippen LogP contribution in [0.1, 0.15) is 5.56 Å². The average Bonchev–Trinajstić information content (AvgIpc) is 2.97. The van der Waals surface area contributed by atoms with Crippen LogP contribution < -0.4 is 5.69 Å². The molecule has 0 N–H and O–H groups in total. The molecule has 0 saturated carbocycles. The first kappa shape index (κ1) is 11.6. The predicted molar refractivity (Wildman–Crippen MR) is 66.8 cm³/mol. The minimum atomic E-state index is -0.463. The van der Waals surface area contributed by atoms with E-state index in [2.05, 4.69) is 10.2 Å². The van der Waals surface area contributed by atoms with Crippen molar-refractivity contribution in [2.45, 2.75) is 13.1 Å². The lowest BCUT2D eigenvalue weighted by Gasteiger charge is -1.95. The number of aryl methyl sites for hydroxylation is 1. The van der Waals surface area contributed by atoms with Gasteiger partial charge in [-0.2, -0.15) is 5.10 Å². The summed E-state index contributed by atoms with van der Waals surface area (Å²) >= 11 is 0. The fraction of sp³-hybridized carbons (Fsp3) is 0.250. The summed E-state index contributed by atoms with van der Waals surface area (Å²) in [5, 5.41) is 8.23. The van der Waals surface area contributed by atoms with Crippen LogP contribution in [-0.4, -0.2) is 30.6 Å². The maximum absolute atomic E-state index is 12.2. The van der Waals surface area contributed by atoms with Gasteiger partial charge in [-0.15, -0.1) is 5.10 Å². The molecule has 0 amide bonds. The number of hydrogen-bond donors (Lipinski definition) is 0. The summed E-state index contributed by atoms with van der Waals surface area (Å²) in [5.74, 6) is 0. The van der Waals surface area contributed by atoms with Crippen molar-refractivity contribution < 1.29 is 4.39 Å². The minimum absolute atomic E-state index is 0.200. The standard InChI is InChI=1S/C12H12FN5O/c13-4-6-16-8-10(7-14-16)9-18-12(19)17-5-2-1-3-11(17)15-18/h1-3,5,7-8H,4,6,9H2. The molecule has 0 atom stereocenters. The average molecular weight is 261 g/mol. The number of rotatable bonds is 4. The van der Waals surface area contributed by atoms with Crippen LogP contribution in [0.2, 0.25) is 0 Å². The van der Waals surface area contributed by atoms with Crippen molar-refractivity contribution in [2.24, 2.45) is 0 Å². The third kappa shape index (κ3) is 2.14. The number of halogens is 1. The molecule has 0 spiro atoms. The van der Waals surface area contributed by atoms with Gasteiger partial charge in [0.25, 0.3) is 0 Å². The Morgan fingerprint density at radius 2 is 2.21 bits per heavy atom. The van der Waals surface area contributed by atoms with Gasteiger partial charge in [0.2, 0.25) is 0 Å². The Labute approximate surface area is 107 Å².